The number of benzene rings is 1. The van der Waals surface area contributed by atoms with E-state index >= 15 is 0 Å². The number of rotatable bonds is 5. The van der Waals surface area contributed by atoms with Gasteiger partial charge in [-0.3, -0.25) is 0 Å². The van der Waals surface area contributed by atoms with Crippen LogP contribution in [0.4, 0.5) is 0 Å². The second-order valence-corrected chi connectivity index (χ2v) is 5.04. The van der Waals surface area contributed by atoms with E-state index in [4.69, 9.17) is 42.3 Å². The maximum atomic E-state index is 9.25. The van der Waals surface area contributed by atoms with Crippen LogP contribution in [0.3, 0.4) is 0 Å². The molecule has 1 aromatic heterocycles. The molecule has 2 rings (SSSR count). The Balaban J connectivity index is 2.83. The summed E-state index contributed by atoms with van der Waals surface area (Å²) in [7, 11) is 5.89. The van der Waals surface area contributed by atoms with E-state index in [9.17, 15) is 5.26 Å². The summed E-state index contributed by atoms with van der Waals surface area (Å²) in [4.78, 5) is 5.11. The maximum absolute atomic E-state index is 9.25. The lowest BCUT2D eigenvalue weighted by Gasteiger charge is -2.15. The molecule has 0 aliphatic heterocycles. The first-order valence-corrected chi connectivity index (χ1v) is 7.14. The lowest BCUT2D eigenvalue weighted by molar-refractivity contribution is 0.166. The van der Waals surface area contributed by atoms with Gasteiger partial charge in [-0.2, -0.15) is 9.99 Å². The van der Waals surface area contributed by atoms with E-state index in [-0.39, 0.29) is 15.9 Å². The van der Waals surface area contributed by atoms with Gasteiger partial charge in [0.1, 0.15) is 13.2 Å². The molecule has 1 aromatic carbocycles. The highest BCUT2D eigenvalue weighted by atomic mass is 35.5. The quantitative estimate of drug-likeness (QED) is 0.820. The summed E-state index contributed by atoms with van der Waals surface area (Å²) in [5.41, 5.74) is 1.04. The highest BCUT2D eigenvalue weighted by Crippen LogP contribution is 2.49. The van der Waals surface area contributed by atoms with Crippen LogP contribution in [0.15, 0.2) is 12.1 Å². The third-order valence-corrected chi connectivity index (χ3v) is 3.99. The molecule has 0 spiro atoms. The minimum absolute atomic E-state index is 0.0889. The Bertz CT molecular complexity index is 781. The molecular formula is C15H14Cl2N2O4. The number of aromatic nitrogens is 1. The zero-order valence-electron chi connectivity index (χ0n) is 12.9. The largest absolute Gasteiger partial charge is 0.493 e. The molecule has 0 saturated carbocycles. The van der Waals surface area contributed by atoms with Gasteiger partial charge in [0.25, 0.3) is 0 Å². The van der Waals surface area contributed by atoms with Crippen molar-refractivity contribution in [2.24, 2.45) is 0 Å². The van der Waals surface area contributed by atoms with Crippen molar-refractivity contribution in [2.45, 2.75) is 0 Å². The van der Waals surface area contributed by atoms with Crippen molar-refractivity contribution in [1.82, 2.24) is 4.73 Å². The molecule has 8 heteroatoms. The fraction of sp³-hybridized carbons (Fsp3) is 0.267. The number of nitrogens with zero attached hydrogens (tertiary/aromatic N) is 2. The van der Waals surface area contributed by atoms with E-state index in [1.165, 1.54) is 28.4 Å². The molecule has 122 valence electrons. The van der Waals surface area contributed by atoms with Crippen LogP contribution in [0.25, 0.3) is 11.1 Å². The molecule has 2 aromatic rings. The van der Waals surface area contributed by atoms with E-state index in [1.54, 1.807) is 12.1 Å². The molecule has 0 aliphatic carbocycles. The zero-order chi connectivity index (χ0) is 17.1. The second-order valence-electron chi connectivity index (χ2n) is 4.30. The van der Waals surface area contributed by atoms with Crippen LogP contribution in [0.1, 0.15) is 5.69 Å². The number of hydrogen-bond donors (Lipinski definition) is 0. The fourth-order valence-electron chi connectivity index (χ4n) is 2.29. The number of nitriles is 1. The first kappa shape index (κ1) is 17.1. The summed E-state index contributed by atoms with van der Waals surface area (Å²) < 4.78 is 17.2. The summed E-state index contributed by atoms with van der Waals surface area (Å²) in [5.74, 6) is 1.27. The molecule has 0 bridgehead atoms. The van der Waals surface area contributed by atoms with Gasteiger partial charge in [0.05, 0.1) is 26.4 Å². The topological polar surface area (TPSA) is 65.6 Å². The Morgan fingerprint density at radius 2 is 1.65 bits per heavy atom. The average molecular weight is 357 g/mol. The number of ether oxygens (including phenoxy) is 3. The summed E-state index contributed by atoms with van der Waals surface area (Å²) in [5, 5.41) is 9.56. The Kier molecular flexibility index (Phi) is 5.14. The first-order chi connectivity index (χ1) is 11.0. The minimum Gasteiger partial charge on any atom is -0.493 e. The van der Waals surface area contributed by atoms with E-state index < -0.39 is 0 Å². The SMILES string of the molecule is COc1ccc(-c2c(Cl)c(C#N)n(OC)c2Cl)c(OC)c1OC. The Labute approximate surface area is 143 Å². The van der Waals surface area contributed by atoms with Gasteiger partial charge < -0.3 is 19.0 Å². The number of methoxy groups -OCH3 is 3. The van der Waals surface area contributed by atoms with Crippen molar-refractivity contribution in [2.75, 3.05) is 28.4 Å². The van der Waals surface area contributed by atoms with Crippen molar-refractivity contribution in [3.8, 4) is 34.4 Å². The predicted octanol–water partition coefficient (Wildman–Crippen LogP) is 3.42. The monoisotopic (exact) mass is 356 g/mol. The van der Waals surface area contributed by atoms with Crippen molar-refractivity contribution < 1.29 is 19.0 Å². The highest BCUT2D eigenvalue weighted by Gasteiger charge is 2.27. The summed E-state index contributed by atoms with van der Waals surface area (Å²) in [6, 6.07) is 5.37. The smallest absolute Gasteiger partial charge is 0.203 e. The van der Waals surface area contributed by atoms with Gasteiger partial charge in [-0.15, -0.1) is 0 Å². The third-order valence-electron chi connectivity index (χ3n) is 3.28. The van der Waals surface area contributed by atoms with Gasteiger partial charge in [0, 0.05) is 11.1 Å². The van der Waals surface area contributed by atoms with Crippen molar-refractivity contribution in [3.05, 3.63) is 28.0 Å². The standard InChI is InChI=1S/C15H14Cl2N2O4/c1-20-10-6-5-8(13(21-2)14(10)22-3)11-12(16)9(7-18)19(23-4)15(11)17/h5-6H,1-4H3. The van der Waals surface area contributed by atoms with Gasteiger partial charge in [0.2, 0.25) is 5.75 Å². The van der Waals surface area contributed by atoms with E-state index in [2.05, 4.69) is 0 Å². The molecule has 0 aliphatic rings. The highest BCUT2D eigenvalue weighted by molar-refractivity contribution is 6.40. The minimum atomic E-state index is 0.0889. The van der Waals surface area contributed by atoms with Crippen molar-refractivity contribution in [3.63, 3.8) is 0 Å². The van der Waals surface area contributed by atoms with Gasteiger partial charge in [-0.1, -0.05) is 23.2 Å². The Morgan fingerprint density at radius 1 is 1.00 bits per heavy atom. The fourth-order valence-corrected chi connectivity index (χ4v) is 3.00. The molecule has 6 nitrogen and oxygen atoms in total. The molecule has 0 atom stereocenters. The maximum Gasteiger partial charge on any atom is 0.203 e. The molecule has 0 unspecified atom stereocenters. The van der Waals surface area contributed by atoms with Crippen molar-refractivity contribution in [1.29, 1.82) is 5.26 Å². The summed E-state index contributed by atoms with van der Waals surface area (Å²) >= 11 is 12.6. The molecule has 1 heterocycles. The zero-order valence-corrected chi connectivity index (χ0v) is 14.4. The third kappa shape index (κ3) is 2.62. The van der Waals surface area contributed by atoms with Gasteiger partial charge in [-0.05, 0) is 12.1 Å². The first-order valence-electron chi connectivity index (χ1n) is 6.39. The lowest BCUT2D eigenvalue weighted by atomic mass is 10.1. The summed E-state index contributed by atoms with van der Waals surface area (Å²) in [6.07, 6.45) is 0. The number of hydrogen-bond acceptors (Lipinski definition) is 5. The molecule has 0 fully saturated rings. The van der Waals surface area contributed by atoms with E-state index in [0.29, 0.717) is 28.4 Å². The Morgan fingerprint density at radius 3 is 2.09 bits per heavy atom. The summed E-state index contributed by atoms with van der Waals surface area (Å²) in [6.45, 7) is 0. The second kappa shape index (κ2) is 6.90. The molecule has 0 amide bonds. The molecule has 0 saturated heterocycles. The van der Waals surface area contributed by atoms with Crippen LogP contribution in [0, 0.1) is 11.3 Å². The molecule has 0 radical (unpaired) electrons. The van der Waals surface area contributed by atoms with E-state index in [1.807, 2.05) is 6.07 Å². The van der Waals surface area contributed by atoms with Crippen LogP contribution in [0.5, 0.6) is 17.2 Å². The molecule has 23 heavy (non-hydrogen) atoms. The normalized spacial score (nSPS) is 10.1. The predicted molar refractivity (Wildman–Crippen MR) is 86.8 cm³/mol. The van der Waals surface area contributed by atoms with Crippen LogP contribution in [0.2, 0.25) is 10.2 Å². The van der Waals surface area contributed by atoms with Crippen molar-refractivity contribution >= 4 is 23.2 Å². The van der Waals surface area contributed by atoms with Gasteiger partial charge in [-0.25, -0.2) is 0 Å². The van der Waals surface area contributed by atoms with E-state index in [0.717, 1.165) is 4.73 Å². The molecular weight excluding hydrogens is 343 g/mol. The van der Waals surface area contributed by atoms with Crippen LogP contribution in [-0.4, -0.2) is 33.2 Å². The van der Waals surface area contributed by atoms with Crippen LogP contribution >= 0.6 is 23.2 Å². The van der Waals surface area contributed by atoms with Gasteiger partial charge >= 0.3 is 0 Å². The number of halogens is 2. The van der Waals surface area contributed by atoms with Crippen LogP contribution in [-0.2, 0) is 0 Å². The average Bonchev–Trinajstić information content (AvgIpc) is 2.82. The van der Waals surface area contributed by atoms with Crippen LogP contribution < -0.4 is 19.0 Å². The Hall–Kier alpha value is -2.23. The lowest BCUT2D eigenvalue weighted by Crippen LogP contribution is -2.07. The molecule has 0 N–H and O–H groups in total. The van der Waals surface area contributed by atoms with Gasteiger partial charge in [0.15, 0.2) is 22.3 Å².